The lowest BCUT2D eigenvalue weighted by atomic mass is 9.56. The van der Waals surface area contributed by atoms with Gasteiger partial charge in [-0.3, -0.25) is 29.0 Å². The maximum atomic E-state index is 13.6. The molecule has 1 saturated carbocycles. The number of allylic oxidation sites excluding steroid dienone is 2. The van der Waals surface area contributed by atoms with Gasteiger partial charge in [0.25, 0.3) is 11.8 Å². The van der Waals surface area contributed by atoms with Crippen molar-refractivity contribution in [3.8, 4) is 5.75 Å². The van der Waals surface area contributed by atoms with E-state index in [4.69, 9.17) is 34.8 Å². The average molecular weight is 591 g/mol. The molecule has 7 nitrogen and oxygen atoms in total. The topological polar surface area (TPSA) is 95.0 Å². The van der Waals surface area contributed by atoms with Crippen LogP contribution in [0.2, 0.25) is 5.02 Å². The van der Waals surface area contributed by atoms with E-state index in [0.29, 0.717) is 17.6 Å². The van der Waals surface area contributed by atoms with Crippen molar-refractivity contribution < 1.29 is 24.3 Å². The highest BCUT2D eigenvalue weighted by Gasteiger charge is 2.76. The van der Waals surface area contributed by atoms with Crippen LogP contribution in [0.1, 0.15) is 31.2 Å². The molecule has 3 fully saturated rings. The fourth-order valence-corrected chi connectivity index (χ4v) is 7.93. The van der Waals surface area contributed by atoms with Crippen molar-refractivity contribution in [2.75, 3.05) is 12.0 Å². The van der Waals surface area contributed by atoms with Gasteiger partial charge in [0.2, 0.25) is 11.8 Å². The maximum absolute atomic E-state index is 13.6. The molecule has 2 heterocycles. The van der Waals surface area contributed by atoms with E-state index in [-0.39, 0.29) is 41.0 Å². The van der Waals surface area contributed by atoms with E-state index in [1.54, 1.807) is 13.0 Å². The summed E-state index contributed by atoms with van der Waals surface area (Å²) < 4.78 is 0. The van der Waals surface area contributed by atoms with Crippen LogP contribution in [-0.2, 0) is 19.2 Å². The summed E-state index contributed by atoms with van der Waals surface area (Å²) in [6.45, 7) is 1.99. The van der Waals surface area contributed by atoms with Gasteiger partial charge in [-0.25, -0.2) is 0 Å². The second-order valence-corrected chi connectivity index (χ2v) is 11.3. The lowest BCUT2D eigenvalue weighted by Crippen LogP contribution is -2.60. The van der Waals surface area contributed by atoms with E-state index in [9.17, 15) is 24.3 Å². The molecule has 4 amide bonds. The van der Waals surface area contributed by atoms with Crippen LogP contribution in [0.25, 0.3) is 0 Å². The third-order valence-electron chi connectivity index (χ3n) is 7.72. The van der Waals surface area contributed by atoms with Crippen molar-refractivity contribution in [3.05, 3.63) is 40.4 Å². The Morgan fingerprint density at radius 2 is 1.79 bits per heavy atom. The standard InChI is InChI=1S/C23H20BrCl3N2O5/c1-2-28-18(31)13-6-5-11-14(16(13)19(28)32)8-22(26)20(33)29(9-24)21(34)23(22,27)17(11)12-4-3-10(30)7-15(12)25/h3-5,7,13-14,16-17,30H,2,6,8-9H2,1H3. The quantitative estimate of drug-likeness (QED) is 0.250. The van der Waals surface area contributed by atoms with Crippen molar-refractivity contribution >= 4 is 74.4 Å². The normalized spacial score (nSPS) is 37.0. The number of imide groups is 2. The van der Waals surface area contributed by atoms with Gasteiger partial charge in [0.1, 0.15) is 5.75 Å². The highest BCUT2D eigenvalue weighted by molar-refractivity contribution is 9.09. The second kappa shape index (κ2) is 7.95. The van der Waals surface area contributed by atoms with E-state index >= 15 is 0 Å². The molecule has 0 bridgehead atoms. The number of carbonyl (C=O) groups is 4. The zero-order valence-electron chi connectivity index (χ0n) is 17.9. The molecule has 1 aromatic carbocycles. The van der Waals surface area contributed by atoms with E-state index in [2.05, 4.69) is 15.9 Å². The molecule has 2 saturated heterocycles. The third kappa shape index (κ3) is 2.83. The Balaban J connectivity index is 1.75. The van der Waals surface area contributed by atoms with Gasteiger partial charge in [-0.1, -0.05) is 45.2 Å². The van der Waals surface area contributed by atoms with Gasteiger partial charge in [0.05, 0.1) is 17.3 Å². The van der Waals surface area contributed by atoms with Crippen LogP contribution in [0.4, 0.5) is 0 Å². The summed E-state index contributed by atoms with van der Waals surface area (Å²) in [6, 6.07) is 4.29. The average Bonchev–Trinajstić information content (AvgIpc) is 3.12. The summed E-state index contributed by atoms with van der Waals surface area (Å²) in [7, 11) is 0. The smallest absolute Gasteiger partial charge is 0.254 e. The molecule has 4 aliphatic rings. The number of halogens is 4. The van der Waals surface area contributed by atoms with E-state index in [1.165, 1.54) is 17.0 Å². The monoisotopic (exact) mass is 588 g/mol. The van der Waals surface area contributed by atoms with Crippen molar-refractivity contribution in [2.45, 2.75) is 35.4 Å². The van der Waals surface area contributed by atoms with Crippen molar-refractivity contribution in [2.24, 2.45) is 17.8 Å². The largest absolute Gasteiger partial charge is 0.508 e. The van der Waals surface area contributed by atoms with Crippen LogP contribution < -0.4 is 0 Å². The summed E-state index contributed by atoms with van der Waals surface area (Å²) in [5, 5.41) is 10.1. The lowest BCUT2D eigenvalue weighted by molar-refractivity contribution is -0.141. The third-order valence-corrected chi connectivity index (χ3v) is 9.96. The maximum Gasteiger partial charge on any atom is 0.254 e. The summed E-state index contributed by atoms with van der Waals surface area (Å²) >= 11 is 23.9. The fraction of sp³-hybridized carbons (Fsp3) is 0.478. The van der Waals surface area contributed by atoms with Crippen LogP contribution in [0, 0.1) is 17.8 Å². The molecular formula is C23H20BrCl3N2O5. The highest BCUT2D eigenvalue weighted by Crippen LogP contribution is 2.66. The first-order valence-corrected chi connectivity index (χ1v) is 13.1. The molecule has 1 aromatic rings. The number of fused-ring (bicyclic) bond motifs is 4. The zero-order valence-corrected chi connectivity index (χ0v) is 21.8. The first-order valence-electron chi connectivity index (χ1n) is 10.9. The number of carbonyl (C=O) groups excluding carboxylic acids is 4. The van der Waals surface area contributed by atoms with Crippen molar-refractivity contribution in [3.63, 3.8) is 0 Å². The fourth-order valence-electron chi connectivity index (χ4n) is 6.23. The number of alkyl halides is 3. The molecule has 34 heavy (non-hydrogen) atoms. The Labute approximate surface area is 219 Å². The Bertz CT molecular complexity index is 1190. The first-order chi connectivity index (χ1) is 16.0. The molecule has 0 spiro atoms. The second-order valence-electron chi connectivity index (χ2n) is 9.11. The number of benzene rings is 1. The molecule has 0 radical (unpaired) electrons. The van der Waals surface area contributed by atoms with Gasteiger partial charge < -0.3 is 5.11 Å². The summed E-state index contributed by atoms with van der Waals surface area (Å²) in [4.78, 5) is 51.7. The van der Waals surface area contributed by atoms with Gasteiger partial charge >= 0.3 is 0 Å². The van der Waals surface area contributed by atoms with E-state index in [0.717, 1.165) is 4.90 Å². The molecule has 1 N–H and O–H groups in total. The predicted molar refractivity (Wildman–Crippen MR) is 129 cm³/mol. The Hall–Kier alpha value is -1.61. The Kier molecular flexibility index (Phi) is 5.63. The molecular weight excluding hydrogens is 571 g/mol. The molecule has 11 heteroatoms. The number of rotatable bonds is 3. The van der Waals surface area contributed by atoms with Crippen LogP contribution >= 0.6 is 50.7 Å². The number of hydrogen-bond donors (Lipinski definition) is 1. The van der Waals surface area contributed by atoms with E-state index in [1.807, 2.05) is 6.08 Å². The molecule has 6 unspecified atom stereocenters. The van der Waals surface area contributed by atoms with Gasteiger partial charge in [0.15, 0.2) is 9.75 Å². The minimum absolute atomic E-state index is 0.0676. The van der Waals surface area contributed by atoms with Gasteiger partial charge in [0, 0.05) is 17.5 Å². The summed E-state index contributed by atoms with van der Waals surface area (Å²) in [6.07, 6.45) is 2.08. The number of hydrogen-bond acceptors (Lipinski definition) is 5. The van der Waals surface area contributed by atoms with Crippen LogP contribution in [-0.4, -0.2) is 60.3 Å². The number of phenolic OH excluding ortho intramolecular Hbond substituents is 1. The number of aromatic hydroxyl groups is 1. The molecule has 0 aromatic heterocycles. The van der Waals surface area contributed by atoms with Gasteiger partial charge in [-0.05, 0) is 43.4 Å². The zero-order chi connectivity index (χ0) is 24.7. The van der Waals surface area contributed by atoms with Gasteiger partial charge in [-0.15, -0.1) is 23.2 Å². The lowest BCUT2D eigenvalue weighted by Gasteiger charge is -2.51. The first kappa shape index (κ1) is 24.1. The molecule has 2 aliphatic heterocycles. The summed E-state index contributed by atoms with van der Waals surface area (Å²) in [5.74, 6) is -4.73. The van der Waals surface area contributed by atoms with Crippen LogP contribution in [0.3, 0.4) is 0 Å². The van der Waals surface area contributed by atoms with E-state index < -0.39 is 45.2 Å². The van der Waals surface area contributed by atoms with Crippen molar-refractivity contribution in [1.82, 2.24) is 9.80 Å². The summed E-state index contributed by atoms with van der Waals surface area (Å²) in [5.41, 5.74) is 0.979. The number of nitrogens with zero attached hydrogens (tertiary/aromatic N) is 2. The van der Waals surface area contributed by atoms with Crippen LogP contribution in [0.15, 0.2) is 29.8 Å². The van der Waals surface area contributed by atoms with Gasteiger partial charge in [-0.2, -0.15) is 0 Å². The molecule has 5 rings (SSSR count). The Morgan fingerprint density at radius 3 is 2.41 bits per heavy atom. The minimum Gasteiger partial charge on any atom is -0.508 e. The van der Waals surface area contributed by atoms with Crippen molar-refractivity contribution in [1.29, 1.82) is 0 Å². The van der Waals surface area contributed by atoms with Crippen LogP contribution in [0.5, 0.6) is 5.75 Å². The number of phenols is 1. The molecule has 180 valence electrons. The minimum atomic E-state index is -1.91. The number of likely N-dealkylation sites (tertiary alicyclic amines) is 2. The Morgan fingerprint density at radius 1 is 1.09 bits per heavy atom. The number of amides is 4. The predicted octanol–water partition coefficient (Wildman–Crippen LogP) is 3.78. The molecule has 6 atom stereocenters. The highest BCUT2D eigenvalue weighted by atomic mass is 79.9. The SMILES string of the molecule is CCN1C(=O)C2CC=C3C(CC4(Cl)C(=O)N(CBr)C(=O)C4(Cl)C3c3ccc(O)cc3Cl)C2C1=O. The molecule has 2 aliphatic carbocycles.